The molecular formula is C14H19N3O2S. The molecule has 0 radical (unpaired) electrons. The van der Waals surface area contributed by atoms with Crippen LogP contribution in [0.4, 0.5) is 0 Å². The minimum atomic E-state index is -3.48. The van der Waals surface area contributed by atoms with Crippen molar-refractivity contribution in [2.75, 3.05) is 6.54 Å². The molecule has 2 N–H and O–H groups in total. The van der Waals surface area contributed by atoms with Gasteiger partial charge in [0.15, 0.2) is 0 Å². The topological polar surface area (TPSA) is 74.8 Å². The van der Waals surface area contributed by atoms with Crippen molar-refractivity contribution < 1.29 is 8.42 Å². The van der Waals surface area contributed by atoms with Crippen molar-refractivity contribution >= 4 is 10.0 Å². The monoisotopic (exact) mass is 293 g/mol. The predicted molar refractivity (Wildman–Crippen MR) is 78.0 cm³/mol. The standard InChI is InChI=1S/C14H19N3O2S/c1-11-14(12(2)17-16-11)20(18,19)15-10-6-9-13-7-4-3-5-8-13/h3-5,7-8,15H,6,9-10H2,1-2H3,(H,16,17). The Morgan fingerprint density at radius 2 is 1.90 bits per heavy atom. The maximum atomic E-state index is 12.2. The van der Waals surface area contributed by atoms with E-state index in [0.29, 0.717) is 17.9 Å². The van der Waals surface area contributed by atoms with Crippen molar-refractivity contribution in [1.82, 2.24) is 14.9 Å². The number of sulfonamides is 1. The lowest BCUT2D eigenvalue weighted by Crippen LogP contribution is -2.26. The second kappa shape index (κ2) is 6.19. The molecule has 1 aromatic heterocycles. The third-order valence-electron chi connectivity index (χ3n) is 3.11. The number of rotatable bonds is 6. The summed E-state index contributed by atoms with van der Waals surface area (Å²) in [4.78, 5) is 0.261. The number of hydrogen-bond donors (Lipinski definition) is 2. The molecule has 2 aromatic rings. The summed E-state index contributed by atoms with van der Waals surface area (Å²) in [6, 6.07) is 10.0. The number of nitrogens with one attached hydrogen (secondary N) is 2. The van der Waals surface area contributed by atoms with Gasteiger partial charge in [-0.2, -0.15) is 5.10 Å². The van der Waals surface area contributed by atoms with Crippen LogP contribution in [0.1, 0.15) is 23.4 Å². The molecule has 0 spiro atoms. The zero-order valence-corrected chi connectivity index (χ0v) is 12.5. The van der Waals surface area contributed by atoms with E-state index in [2.05, 4.69) is 14.9 Å². The summed E-state index contributed by atoms with van der Waals surface area (Å²) in [5.74, 6) is 0. The average molecular weight is 293 g/mol. The van der Waals surface area contributed by atoms with Crippen LogP contribution in [0.25, 0.3) is 0 Å². The van der Waals surface area contributed by atoms with Gasteiger partial charge < -0.3 is 0 Å². The number of H-pyrrole nitrogens is 1. The van der Waals surface area contributed by atoms with Gasteiger partial charge in [-0.3, -0.25) is 5.10 Å². The van der Waals surface area contributed by atoms with Gasteiger partial charge in [0.1, 0.15) is 4.90 Å². The van der Waals surface area contributed by atoms with Crippen molar-refractivity contribution in [3.8, 4) is 0 Å². The first-order valence-electron chi connectivity index (χ1n) is 6.56. The van der Waals surface area contributed by atoms with Gasteiger partial charge in [-0.25, -0.2) is 13.1 Å². The first-order chi connectivity index (χ1) is 9.50. The highest BCUT2D eigenvalue weighted by molar-refractivity contribution is 7.89. The Kier molecular flexibility index (Phi) is 4.57. The van der Waals surface area contributed by atoms with Crippen LogP contribution < -0.4 is 4.72 Å². The Labute approximate surface area is 119 Å². The van der Waals surface area contributed by atoms with E-state index in [1.165, 1.54) is 5.56 Å². The SMILES string of the molecule is Cc1n[nH]c(C)c1S(=O)(=O)NCCCc1ccccc1. The Bertz CT molecular complexity index is 643. The Morgan fingerprint density at radius 3 is 2.50 bits per heavy atom. The molecule has 0 bridgehead atoms. The normalized spacial score (nSPS) is 11.7. The zero-order chi connectivity index (χ0) is 14.6. The van der Waals surface area contributed by atoms with Crippen LogP contribution in [0.2, 0.25) is 0 Å². The molecule has 0 aliphatic rings. The number of nitrogens with zero attached hydrogens (tertiary/aromatic N) is 1. The maximum absolute atomic E-state index is 12.2. The molecule has 2 rings (SSSR count). The summed E-state index contributed by atoms with van der Waals surface area (Å²) >= 11 is 0. The fraction of sp³-hybridized carbons (Fsp3) is 0.357. The molecule has 0 amide bonds. The average Bonchev–Trinajstić information content (AvgIpc) is 2.76. The van der Waals surface area contributed by atoms with Crippen LogP contribution in [0.5, 0.6) is 0 Å². The molecule has 0 atom stereocenters. The van der Waals surface area contributed by atoms with Gasteiger partial charge in [0, 0.05) is 6.54 Å². The summed E-state index contributed by atoms with van der Waals surface area (Å²) in [5.41, 5.74) is 2.28. The molecule has 1 heterocycles. The van der Waals surface area contributed by atoms with E-state index < -0.39 is 10.0 Å². The molecule has 1 aromatic carbocycles. The number of aryl methyl sites for hydroxylation is 3. The second-order valence-corrected chi connectivity index (χ2v) is 6.45. The van der Waals surface area contributed by atoms with Gasteiger partial charge in [-0.15, -0.1) is 0 Å². The molecule has 0 unspecified atom stereocenters. The lowest BCUT2D eigenvalue weighted by atomic mass is 10.1. The van der Waals surface area contributed by atoms with Crippen molar-refractivity contribution in [1.29, 1.82) is 0 Å². The molecule has 0 aliphatic carbocycles. The zero-order valence-electron chi connectivity index (χ0n) is 11.7. The first kappa shape index (κ1) is 14.7. The van der Waals surface area contributed by atoms with Crippen molar-refractivity contribution in [2.24, 2.45) is 0 Å². The molecule has 0 aliphatic heterocycles. The number of aromatic amines is 1. The lowest BCUT2D eigenvalue weighted by molar-refractivity contribution is 0.578. The van der Waals surface area contributed by atoms with E-state index in [4.69, 9.17) is 0 Å². The van der Waals surface area contributed by atoms with Crippen LogP contribution >= 0.6 is 0 Å². The number of benzene rings is 1. The Balaban J connectivity index is 1.91. The first-order valence-corrected chi connectivity index (χ1v) is 8.04. The lowest BCUT2D eigenvalue weighted by Gasteiger charge is -2.07. The van der Waals surface area contributed by atoms with Gasteiger partial charge in [0.05, 0.1) is 11.4 Å². The number of hydrogen-bond acceptors (Lipinski definition) is 3. The van der Waals surface area contributed by atoms with Crippen LogP contribution in [0, 0.1) is 13.8 Å². The number of aromatic nitrogens is 2. The van der Waals surface area contributed by atoms with Crippen molar-refractivity contribution in [3.63, 3.8) is 0 Å². The highest BCUT2D eigenvalue weighted by atomic mass is 32.2. The van der Waals surface area contributed by atoms with Gasteiger partial charge in [0.25, 0.3) is 0 Å². The maximum Gasteiger partial charge on any atom is 0.244 e. The molecule has 0 saturated carbocycles. The molecule has 0 saturated heterocycles. The van der Waals surface area contributed by atoms with E-state index in [0.717, 1.165) is 12.8 Å². The smallest absolute Gasteiger partial charge is 0.244 e. The van der Waals surface area contributed by atoms with E-state index in [1.54, 1.807) is 13.8 Å². The van der Waals surface area contributed by atoms with Crippen LogP contribution in [-0.2, 0) is 16.4 Å². The van der Waals surface area contributed by atoms with Crippen molar-refractivity contribution in [3.05, 3.63) is 47.3 Å². The highest BCUT2D eigenvalue weighted by Crippen LogP contribution is 2.16. The summed E-state index contributed by atoms with van der Waals surface area (Å²) in [6.07, 6.45) is 1.62. The molecule has 5 nitrogen and oxygen atoms in total. The fourth-order valence-electron chi connectivity index (χ4n) is 2.15. The summed E-state index contributed by atoms with van der Waals surface area (Å²) in [7, 11) is -3.48. The second-order valence-electron chi connectivity index (χ2n) is 4.75. The van der Waals surface area contributed by atoms with E-state index in [9.17, 15) is 8.42 Å². The van der Waals surface area contributed by atoms with Crippen LogP contribution in [0.3, 0.4) is 0 Å². The minimum absolute atomic E-state index is 0.261. The van der Waals surface area contributed by atoms with Gasteiger partial charge >= 0.3 is 0 Å². The highest BCUT2D eigenvalue weighted by Gasteiger charge is 2.21. The molecule has 6 heteroatoms. The third-order valence-corrected chi connectivity index (χ3v) is 4.83. The Morgan fingerprint density at radius 1 is 1.20 bits per heavy atom. The predicted octanol–water partition coefficient (Wildman–Crippen LogP) is 1.94. The van der Waals surface area contributed by atoms with Crippen molar-refractivity contribution in [2.45, 2.75) is 31.6 Å². The summed E-state index contributed by atoms with van der Waals surface area (Å²) in [5, 5.41) is 6.60. The Hall–Kier alpha value is -1.66. The van der Waals surface area contributed by atoms with Gasteiger partial charge in [-0.05, 0) is 32.3 Å². The van der Waals surface area contributed by atoms with Gasteiger partial charge in [-0.1, -0.05) is 30.3 Å². The van der Waals surface area contributed by atoms with Crippen LogP contribution in [0.15, 0.2) is 35.2 Å². The van der Waals surface area contributed by atoms with E-state index in [-0.39, 0.29) is 4.90 Å². The third kappa shape index (κ3) is 3.46. The molecule has 0 fully saturated rings. The molecule has 108 valence electrons. The van der Waals surface area contributed by atoms with Gasteiger partial charge in [0.2, 0.25) is 10.0 Å². The fourth-order valence-corrected chi connectivity index (χ4v) is 3.59. The molecular weight excluding hydrogens is 274 g/mol. The van der Waals surface area contributed by atoms with Crippen LogP contribution in [-0.4, -0.2) is 25.2 Å². The summed E-state index contributed by atoms with van der Waals surface area (Å²) in [6.45, 7) is 3.81. The summed E-state index contributed by atoms with van der Waals surface area (Å²) < 4.78 is 27.0. The van der Waals surface area contributed by atoms with E-state index in [1.807, 2.05) is 30.3 Å². The van der Waals surface area contributed by atoms with E-state index >= 15 is 0 Å². The molecule has 20 heavy (non-hydrogen) atoms. The quantitative estimate of drug-likeness (QED) is 0.799. The minimum Gasteiger partial charge on any atom is -0.281 e. The largest absolute Gasteiger partial charge is 0.281 e.